The number of benzene rings is 10. The van der Waals surface area contributed by atoms with Crippen molar-refractivity contribution in [1.29, 1.82) is 0 Å². The van der Waals surface area contributed by atoms with E-state index in [4.69, 9.17) is 0 Å². The highest BCUT2D eigenvalue weighted by Gasteiger charge is 2.46. The molecule has 0 fully saturated rings. The van der Waals surface area contributed by atoms with Crippen LogP contribution >= 0.6 is 0 Å². The van der Waals surface area contributed by atoms with Crippen molar-refractivity contribution in [3.05, 3.63) is 270 Å². The van der Waals surface area contributed by atoms with Crippen molar-refractivity contribution < 1.29 is 0 Å². The first-order valence-corrected chi connectivity index (χ1v) is 22.1. The van der Waals surface area contributed by atoms with E-state index in [0.29, 0.717) is 0 Å². The molecule has 0 N–H and O–H groups in total. The average molecular weight is 804 g/mol. The van der Waals surface area contributed by atoms with Gasteiger partial charge in [0.15, 0.2) is 0 Å². The van der Waals surface area contributed by atoms with E-state index in [9.17, 15) is 0 Å². The summed E-state index contributed by atoms with van der Waals surface area (Å²) in [5.41, 5.74) is 20.5. The quantitative estimate of drug-likeness (QED) is 0.155. The zero-order valence-corrected chi connectivity index (χ0v) is 35.5. The zero-order chi connectivity index (χ0) is 42.1. The molecule has 0 saturated heterocycles. The van der Waals surface area contributed by atoms with E-state index < -0.39 is 5.41 Å². The van der Waals surface area contributed by atoms with Crippen LogP contribution in [-0.4, -0.2) is 0 Å². The number of rotatable bonds is 7. The minimum absolute atomic E-state index is 0.146. The Morgan fingerprint density at radius 3 is 1.56 bits per heavy atom. The molecule has 63 heavy (non-hydrogen) atoms. The Hall–Kier alpha value is -7.74. The number of nitrogens with zero attached hydrogens (tertiary/aromatic N) is 1. The second-order valence-corrected chi connectivity index (χ2v) is 17.6. The van der Waals surface area contributed by atoms with Gasteiger partial charge in [-0.1, -0.05) is 220 Å². The molecule has 1 atom stereocenters. The molecule has 0 bridgehead atoms. The Morgan fingerprint density at radius 2 is 0.810 bits per heavy atom. The van der Waals surface area contributed by atoms with E-state index in [1.165, 1.54) is 88.7 Å². The van der Waals surface area contributed by atoms with Crippen molar-refractivity contribution in [3.63, 3.8) is 0 Å². The smallest absolute Gasteiger partial charge is 0.0714 e. The Labute approximate surface area is 370 Å². The van der Waals surface area contributed by atoms with Gasteiger partial charge in [-0.2, -0.15) is 0 Å². The van der Waals surface area contributed by atoms with Crippen molar-refractivity contribution in [1.82, 2.24) is 0 Å². The molecule has 0 amide bonds. The van der Waals surface area contributed by atoms with Crippen LogP contribution in [0.15, 0.2) is 237 Å². The van der Waals surface area contributed by atoms with Crippen molar-refractivity contribution >= 4 is 27.8 Å². The fourth-order valence-corrected chi connectivity index (χ4v) is 11.0. The number of anilines is 3. The monoisotopic (exact) mass is 803 g/mol. The summed E-state index contributed by atoms with van der Waals surface area (Å²) < 4.78 is 0. The lowest BCUT2D eigenvalue weighted by Crippen LogP contribution is -2.28. The lowest BCUT2D eigenvalue weighted by molar-refractivity contribution is 0.660. The molecule has 1 heteroatoms. The lowest BCUT2D eigenvalue weighted by Gasteiger charge is -2.35. The van der Waals surface area contributed by atoms with Crippen LogP contribution in [0.1, 0.15) is 47.2 Å². The third kappa shape index (κ3) is 5.63. The third-order valence-electron chi connectivity index (χ3n) is 14.0. The summed E-state index contributed by atoms with van der Waals surface area (Å²) in [6, 6.07) is 87.9. The summed E-state index contributed by atoms with van der Waals surface area (Å²) >= 11 is 0. The molecule has 10 aromatic rings. The number of para-hydroxylation sites is 1. The minimum atomic E-state index is -0.577. The second-order valence-electron chi connectivity index (χ2n) is 17.6. The van der Waals surface area contributed by atoms with Crippen molar-refractivity contribution in [2.45, 2.75) is 24.7 Å². The zero-order valence-electron chi connectivity index (χ0n) is 35.5. The largest absolute Gasteiger partial charge is 0.310 e. The van der Waals surface area contributed by atoms with E-state index in [0.717, 1.165) is 17.1 Å². The van der Waals surface area contributed by atoms with E-state index in [1.54, 1.807) is 0 Å². The van der Waals surface area contributed by atoms with Crippen LogP contribution < -0.4 is 4.90 Å². The van der Waals surface area contributed by atoms with Crippen LogP contribution in [0.4, 0.5) is 17.1 Å². The van der Waals surface area contributed by atoms with Crippen LogP contribution in [0.2, 0.25) is 0 Å². The Bertz CT molecular complexity index is 3360. The molecule has 0 heterocycles. The normalized spacial score (nSPS) is 15.3. The van der Waals surface area contributed by atoms with E-state index in [1.807, 2.05) is 0 Å². The molecule has 2 aliphatic rings. The fraction of sp³-hybridized carbons (Fsp3) is 0.0645. The Kier molecular flexibility index (Phi) is 8.49. The molecule has 1 unspecified atom stereocenters. The second kappa shape index (κ2) is 14.4. The molecule has 298 valence electrons. The van der Waals surface area contributed by atoms with Gasteiger partial charge in [0.1, 0.15) is 0 Å². The number of hydrogen-bond donors (Lipinski definition) is 0. The highest BCUT2D eigenvalue weighted by molar-refractivity contribution is 5.97. The minimum Gasteiger partial charge on any atom is -0.310 e. The van der Waals surface area contributed by atoms with Gasteiger partial charge in [0.25, 0.3) is 0 Å². The van der Waals surface area contributed by atoms with Crippen LogP contribution in [-0.2, 0) is 10.8 Å². The van der Waals surface area contributed by atoms with Gasteiger partial charge in [-0.3, -0.25) is 0 Å². The van der Waals surface area contributed by atoms with Gasteiger partial charge in [0.2, 0.25) is 0 Å². The number of hydrogen-bond acceptors (Lipinski definition) is 1. The maximum Gasteiger partial charge on any atom is 0.0714 e. The van der Waals surface area contributed by atoms with E-state index >= 15 is 0 Å². The summed E-state index contributed by atoms with van der Waals surface area (Å²) in [6.45, 7) is 4.74. The van der Waals surface area contributed by atoms with E-state index in [2.05, 4.69) is 255 Å². The standard InChI is InChI=1S/C62H45N/c1-61(2)56-29-14-11-26-52(56)54-38-36-47(40-58(54)61)63(60-31-16-13-25-51(60)43-18-5-3-6-19-43)48-37-39-55-53-27-12-15-30-57(53)62(59(55)41-48,45-22-7-4-8-23-45)46-34-32-44(33-35-46)50-28-17-21-42-20-9-10-24-49(42)50/h3-41H,1-2H3. The molecule has 0 radical (unpaired) electrons. The molecular formula is C62H45N. The first kappa shape index (κ1) is 37.1. The molecule has 0 aliphatic heterocycles. The van der Waals surface area contributed by atoms with Gasteiger partial charge in [0.05, 0.1) is 11.1 Å². The summed E-state index contributed by atoms with van der Waals surface area (Å²) in [7, 11) is 0. The van der Waals surface area contributed by atoms with Crippen molar-refractivity contribution in [2.24, 2.45) is 0 Å². The fourth-order valence-electron chi connectivity index (χ4n) is 11.0. The van der Waals surface area contributed by atoms with Crippen LogP contribution in [0.3, 0.4) is 0 Å². The topological polar surface area (TPSA) is 3.24 Å². The average Bonchev–Trinajstić information content (AvgIpc) is 3.77. The van der Waals surface area contributed by atoms with Crippen LogP contribution in [0, 0.1) is 0 Å². The molecule has 12 rings (SSSR count). The molecule has 0 aromatic heterocycles. The highest BCUT2D eigenvalue weighted by atomic mass is 15.1. The van der Waals surface area contributed by atoms with Gasteiger partial charge < -0.3 is 4.90 Å². The van der Waals surface area contributed by atoms with Gasteiger partial charge in [-0.05, 0) is 113 Å². The first-order chi connectivity index (χ1) is 31.0. The Morgan fingerprint density at radius 1 is 0.317 bits per heavy atom. The highest BCUT2D eigenvalue weighted by Crippen LogP contribution is 2.58. The molecule has 0 spiro atoms. The maximum atomic E-state index is 2.50. The van der Waals surface area contributed by atoms with Crippen molar-refractivity contribution in [3.8, 4) is 44.5 Å². The molecular weight excluding hydrogens is 759 g/mol. The molecule has 1 nitrogen and oxygen atoms in total. The van der Waals surface area contributed by atoms with Gasteiger partial charge in [0, 0.05) is 22.4 Å². The van der Waals surface area contributed by atoms with Gasteiger partial charge in [-0.25, -0.2) is 0 Å². The third-order valence-corrected chi connectivity index (χ3v) is 14.0. The summed E-state index contributed by atoms with van der Waals surface area (Å²) in [5, 5.41) is 2.52. The predicted molar refractivity (Wildman–Crippen MR) is 264 cm³/mol. The van der Waals surface area contributed by atoms with Crippen LogP contribution in [0.5, 0.6) is 0 Å². The van der Waals surface area contributed by atoms with Crippen LogP contribution in [0.25, 0.3) is 55.3 Å². The SMILES string of the molecule is CC1(C)c2ccccc2-c2ccc(N(c3ccc4c(c3)C(c3ccccc3)(c3ccc(-c5cccc6ccccc56)cc3)c3ccccc3-4)c3ccccc3-c3ccccc3)cc21. The number of fused-ring (bicyclic) bond motifs is 7. The maximum absolute atomic E-state index is 2.50. The summed E-state index contributed by atoms with van der Waals surface area (Å²) in [6.07, 6.45) is 0. The lowest BCUT2D eigenvalue weighted by atomic mass is 9.67. The molecule has 0 saturated carbocycles. The van der Waals surface area contributed by atoms with E-state index in [-0.39, 0.29) is 5.41 Å². The summed E-state index contributed by atoms with van der Waals surface area (Å²) in [5.74, 6) is 0. The summed E-state index contributed by atoms with van der Waals surface area (Å²) in [4.78, 5) is 2.50. The predicted octanol–water partition coefficient (Wildman–Crippen LogP) is 16.3. The van der Waals surface area contributed by atoms with Gasteiger partial charge >= 0.3 is 0 Å². The molecule has 10 aromatic carbocycles. The Balaban J connectivity index is 1.10. The van der Waals surface area contributed by atoms with Gasteiger partial charge in [-0.15, -0.1) is 0 Å². The van der Waals surface area contributed by atoms with Crippen molar-refractivity contribution in [2.75, 3.05) is 4.90 Å². The molecule has 2 aliphatic carbocycles. The first-order valence-electron chi connectivity index (χ1n) is 22.1.